The Hall–Kier alpha value is -0.900. The minimum atomic E-state index is 0.708. The maximum atomic E-state index is 4.03. The number of aromatic nitrogens is 3. The van der Waals surface area contributed by atoms with Crippen LogP contribution in [0.15, 0.2) is 6.33 Å². The zero-order valence-electron chi connectivity index (χ0n) is 7.67. The number of hydrogen-bond acceptors (Lipinski definition) is 3. The molecular formula is C8H16N4. The Labute approximate surface area is 72.8 Å². The van der Waals surface area contributed by atoms with Gasteiger partial charge in [-0.2, -0.15) is 5.10 Å². The highest BCUT2D eigenvalue weighted by atomic mass is 15.2. The van der Waals surface area contributed by atoms with Crippen molar-refractivity contribution in [2.45, 2.75) is 20.3 Å². The van der Waals surface area contributed by atoms with Gasteiger partial charge >= 0.3 is 0 Å². The first-order valence-electron chi connectivity index (χ1n) is 4.34. The van der Waals surface area contributed by atoms with Crippen LogP contribution >= 0.6 is 0 Å². The minimum absolute atomic E-state index is 0.708. The fraction of sp³-hybridized carbons (Fsp3) is 0.750. The Kier molecular flexibility index (Phi) is 3.73. The molecule has 0 saturated heterocycles. The Morgan fingerprint density at radius 2 is 2.42 bits per heavy atom. The summed E-state index contributed by atoms with van der Waals surface area (Å²) in [5.41, 5.74) is 0. The van der Waals surface area contributed by atoms with Gasteiger partial charge in [0.25, 0.3) is 0 Å². The van der Waals surface area contributed by atoms with Gasteiger partial charge in [0.2, 0.25) is 0 Å². The van der Waals surface area contributed by atoms with Crippen molar-refractivity contribution >= 4 is 0 Å². The lowest BCUT2D eigenvalue weighted by Crippen LogP contribution is -2.22. The smallest absolute Gasteiger partial charge is 0.137 e. The molecule has 0 spiro atoms. The Bertz CT molecular complexity index is 193. The van der Waals surface area contributed by atoms with Gasteiger partial charge in [0.15, 0.2) is 0 Å². The maximum Gasteiger partial charge on any atom is 0.137 e. The lowest BCUT2D eigenvalue weighted by molar-refractivity contribution is 0.550. The van der Waals surface area contributed by atoms with Gasteiger partial charge in [-0.15, -0.1) is 0 Å². The first-order chi connectivity index (χ1) is 5.79. The van der Waals surface area contributed by atoms with E-state index in [1.54, 1.807) is 0 Å². The summed E-state index contributed by atoms with van der Waals surface area (Å²) in [4.78, 5) is 4.03. The Morgan fingerprint density at radius 3 is 3.00 bits per heavy atom. The minimum Gasteiger partial charge on any atom is -0.316 e. The van der Waals surface area contributed by atoms with E-state index in [1.807, 2.05) is 0 Å². The van der Waals surface area contributed by atoms with Crippen LogP contribution in [0.25, 0.3) is 0 Å². The molecular weight excluding hydrogens is 152 g/mol. The predicted octanol–water partition coefficient (Wildman–Crippen LogP) is 0.593. The molecule has 4 nitrogen and oxygen atoms in total. The first kappa shape index (κ1) is 9.19. The predicted molar refractivity (Wildman–Crippen MR) is 47.8 cm³/mol. The molecule has 1 heterocycles. The van der Waals surface area contributed by atoms with Gasteiger partial charge in [-0.3, -0.25) is 5.10 Å². The summed E-state index contributed by atoms with van der Waals surface area (Å²) in [5.74, 6) is 1.66. The maximum absolute atomic E-state index is 4.03. The molecule has 1 rings (SSSR count). The van der Waals surface area contributed by atoms with E-state index in [4.69, 9.17) is 0 Å². The van der Waals surface area contributed by atoms with Gasteiger partial charge in [-0.25, -0.2) is 4.98 Å². The lowest BCUT2D eigenvalue weighted by atomic mass is 10.2. The summed E-state index contributed by atoms with van der Waals surface area (Å²) in [6.45, 7) is 6.42. The molecule has 0 radical (unpaired) electrons. The van der Waals surface area contributed by atoms with E-state index in [2.05, 4.69) is 34.3 Å². The van der Waals surface area contributed by atoms with E-state index in [1.165, 1.54) is 6.33 Å². The molecule has 0 aliphatic carbocycles. The van der Waals surface area contributed by atoms with Gasteiger partial charge in [-0.05, 0) is 12.5 Å². The molecule has 0 bridgehead atoms. The molecule has 68 valence electrons. The fourth-order valence-corrected chi connectivity index (χ4v) is 0.949. The van der Waals surface area contributed by atoms with E-state index in [0.29, 0.717) is 5.92 Å². The van der Waals surface area contributed by atoms with Crippen LogP contribution in [0.3, 0.4) is 0 Å². The highest BCUT2D eigenvalue weighted by Crippen LogP contribution is 1.88. The number of nitrogens with zero attached hydrogens (tertiary/aromatic N) is 2. The van der Waals surface area contributed by atoms with Crippen molar-refractivity contribution in [3.63, 3.8) is 0 Å². The molecule has 0 unspecified atom stereocenters. The van der Waals surface area contributed by atoms with Crippen molar-refractivity contribution in [1.82, 2.24) is 20.5 Å². The van der Waals surface area contributed by atoms with Gasteiger partial charge < -0.3 is 5.32 Å². The largest absolute Gasteiger partial charge is 0.316 e. The molecule has 1 aromatic heterocycles. The summed E-state index contributed by atoms with van der Waals surface area (Å²) >= 11 is 0. The summed E-state index contributed by atoms with van der Waals surface area (Å²) in [6.07, 6.45) is 2.46. The quantitative estimate of drug-likeness (QED) is 0.633. The average molecular weight is 168 g/mol. The molecule has 0 aliphatic heterocycles. The van der Waals surface area contributed by atoms with Crippen molar-refractivity contribution in [1.29, 1.82) is 0 Å². The van der Waals surface area contributed by atoms with Crippen LogP contribution in [0.4, 0.5) is 0 Å². The lowest BCUT2D eigenvalue weighted by Gasteiger charge is -2.05. The second kappa shape index (κ2) is 4.87. The summed E-state index contributed by atoms with van der Waals surface area (Å²) < 4.78 is 0. The van der Waals surface area contributed by atoms with Crippen LogP contribution < -0.4 is 5.32 Å². The van der Waals surface area contributed by atoms with Crippen molar-refractivity contribution in [3.8, 4) is 0 Å². The number of nitrogens with one attached hydrogen (secondary N) is 2. The third-order valence-electron chi connectivity index (χ3n) is 1.56. The molecule has 0 aromatic carbocycles. The summed E-state index contributed by atoms with van der Waals surface area (Å²) in [5, 5.41) is 9.93. The van der Waals surface area contributed by atoms with Crippen molar-refractivity contribution in [2.24, 2.45) is 5.92 Å². The van der Waals surface area contributed by atoms with Gasteiger partial charge in [0, 0.05) is 13.0 Å². The monoisotopic (exact) mass is 168 g/mol. The number of hydrogen-bond donors (Lipinski definition) is 2. The van der Waals surface area contributed by atoms with Crippen LogP contribution in [0.5, 0.6) is 0 Å². The fourth-order valence-electron chi connectivity index (χ4n) is 0.949. The van der Waals surface area contributed by atoms with Crippen LogP contribution in [0.2, 0.25) is 0 Å². The average Bonchev–Trinajstić information content (AvgIpc) is 2.49. The molecule has 0 aliphatic rings. The summed E-state index contributed by atoms with van der Waals surface area (Å²) in [7, 11) is 0. The van der Waals surface area contributed by atoms with Crippen LogP contribution in [-0.2, 0) is 6.42 Å². The van der Waals surface area contributed by atoms with Crippen molar-refractivity contribution in [2.75, 3.05) is 13.1 Å². The van der Waals surface area contributed by atoms with E-state index in [-0.39, 0.29) is 0 Å². The Morgan fingerprint density at radius 1 is 1.58 bits per heavy atom. The van der Waals surface area contributed by atoms with E-state index in [9.17, 15) is 0 Å². The number of H-pyrrole nitrogens is 1. The summed E-state index contributed by atoms with van der Waals surface area (Å²) in [6, 6.07) is 0. The highest BCUT2D eigenvalue weighted by molar-refractivity contribution is 4.80. The van der Waals surface area contributed by atoms with Gasteiger partial charge in [0.1, 0.15) is 12.2 Å². The highest BCUT2D eigenvalue weighted by Gasteiger charge is 1.95. The number of aromatic amines is 1. The Balaban J connectivity index is 2.04. The second-order valence-electron chi connectivity index (χ2n) is 3.28. The zero-order valence-corrected chi connectivity index (χ0v) is 7.67. The van der Waals surface area contributed by atoms with Crippen LogP contribution in [-0.4, -0.2) is 28.3 Å². The normalized spacial score (nSPS) is 10.9. The van der Waals surface area contributed by atoms with E-state index < -0.39 is 0 Å². The van der Waals surface area contributed by atoms with Crippen LogP contribution in [0.1, 0.15) is 19.7 Å². The molecule has 4 heteroatoms. The molecule has 0 saturated carbocycles. The molecule has 0 amide bonds. The molecule has 2 N–H and O–H groups in total. The third-order valence-corrected chi connectivity index (χ3v) is 1.56. The van der Waals surface area contributed by atoms with E-state index in [0.717, 1.165) is 25.3 Å². The third kappa shape index (κ3) is 3.48. The SMILES string of the molecule is CC(C)CNCCc1ncn[nH]1. The molecule has 0 fully saturated rings. The molecule has 1 aromatic rings. The van der Waals surface area contributed by atoms with Gasteiger partial charge in [0.05, 0.1) is 0 Å². The van der Waals surface area contributed by atoms with Crippen LogP contribution in [0, 0.1) is 5.92 Å². The van der Waals surface area contributed by atoms with Crippen molar-refractivity contribution < 1.29 is 0 Å². The van der Waals surface area contributed by atoms with E-state index >= 15 is 0 Å². The molecule has 12 heavy (non-hydrogen) atoms. The van der Waals surface area contributed by atoms with Crippen molar-refractivity contribution in [3.05, 3.63) is 12.2 Å². The first-order valence-corrected chi connectivity index (χ1v) is 4.34. The molecule has 0 atom stereocenters. The topological polar surface area (TPSA) is 53.6 Å². The van der Waals surface area contributed by atoms with Gasteiger partial charge in [-0.1, -0.05) is 13.8 Å². The standard InChI is InChI=1S/C8H16N4/c1-7(2)5-9-4-3-8-10-6-11-12-8/h6-7,9H,3-5H2,1-2H3,(H,10,11,12). The zero-order chi connectivity index (χ0) is 8.81. The number of rotatable bonds is 5. The second-order valence-corrected chi connectivity index (χ2v) is 3.28.